The summed E-state index contributed by atoms with van der Waals surface area (Å²) in [6.45, 7) is 16.8. The molecule has 0 aromatic rings. The predicted molar refractivity (Wildman–Crippen MR) is 65.3 cm³/mol. The van der Waals surface area contributed by atoms with E-state index < -0.39 is 16.1 Å². The van der Waals surface area contributed by atoms with Gasteiger partial charge in [-0.2, -0.15) is 0 Å². The molecular formula is C10H24Si2. The number of rotatable bonds is 3. The fourth-order valence-corrected chi connectivity index (χ4v) is 2.45. The highest BCUT2D eigenvalue weighted by atomic mass is 28.3. The topological polar surface area (TPSA) is 0 Å². The first kappa shape index (κ1) is 12.2. The molecule has 12 heavy (non-hydrogen) atoms. The standard InChI is InChI=1S/C10H24Si2/c1-10(12(5,6)7)8-9-11(2,3)4/h8-10H,1-7H3/b9-8+/t10-/m1/s1. The van der Waals surface area contributed by atoms with Gasteiger partial charge in [-0.25, -0.2) is 0 Å². The van der Waals surface area contributed by atoms with Crippen LogP contribution in [0.25, 0.3) is 0 Å². The molecule has 72 valence electrons. The van der Waals surface area contributed by atoms with Crippen LogP contribution in [0.1, 0.15) is 6.92 Å². The van der Waals surface area contributed by atoms with Gasteiger partial charge in [0.15, 0.2) is 0 Å². The van der Waals surface area contributed by atoms with Crippen molar-refractivity contribution < 1.29 is 0 Å². The van der Waals surface area contributed by atoms with Crippen molar-refractivity contribution in [3.63, 3.8) is 0 Å². The Balaban J connectivity index is 4.19. The SMILES string of the molecule is C[C@H](/C=C/[Si](C)(C)C)[Si](C)(C)C. The van der Waals surface area contributed by atoms with E-state index >= 15 is 0 Å². The second kappa shape index (κ2) is 3.92. The molecule has 0 amide bonds. The lowest BCUT2D eigenvalue weighted by Gasteiger charge is -2.23. The van der Waals surface area contributed by atoms with Gasteiger partial charge < -0.3 is 0 Å². The van der Waals surface area contributed by atoms with E-state index in [1.54, 1.807) is 0 Å². The Morgan fingerprint density at radius 2 is 1.33 bits per heavy atom. The summed E-state index contributed by atoms with van der Waals surface area (Å²) in [6.07, 6.45) is 2.46. The van der Waals surface area contributed by atoms with Crippen LogP contribution in [0.15, 0.2) is 11.8 Å². The highest BCUT2D eigenvalue weighted by Crippen LogP contribution is 2.22. The molecule has 0 nitrogen and oxygen atoms in total. The minimum absolute atomic E-state index is 0.823. The molecule has 0 aromatic heterocycles. The third kappa shape index (κ3) is 5.78. The Morgan fingerprint density at radius 3 is 1.58 bits per heavy atom. The fourth-order valence-electron chi connectivity index (χ4n) is 0.722. The van der Waals surface area contributed by atoms with Crippen molar-refractivity contribution in [1.29, 1.82) is 0 Å². The van der Waals surface area contributed by atoms with Crippen LogP contribution in [0, 0.1) is 0 Å². The largest absolute Gasteiger partial charge is 0.0989 e. The van der Waals surface area contributed by atoms with Crippen LogP contribution in [0.5, 0.6) is 0 Å². The van der Waals surface area contributed by atoms with E-state index in [4.69, 9.17) is 0 Å². The number of hydrogen-bond donors (Lipinski definition) is 0. The lowest BCUT2D eigenvalue weighted by atomic mass is 10.5. The van der Waals surface area contributed by atoms with E-state index in [0.29, 0.717) is 0 Å². The molecule has 1 atom stereocenters. The van der Waals surface area contributed by atoms with Crippen LogP contribution < -0.4 is 0 Å². The zero-order chi connectivity index (χ0) is 9.99. The summed E-state index contributed by atoms with van der Waals surface area (Å²) in [7, 11) is -1.88. The second-order valence-electron chi connectivity index (χ2n) is 5.88. The van der Waals surface area contributed by atoms with Gasteiger partial charge in [0.2, 0.25) is 0 Å². The van der Waals surface area contributed by atoms with Crippen LogP contribution in [0.2, 0.25) is 44.8 Å². The maximum atomic E-state index is 2.48. The van der Waals surface area contributed by atoms with Gasteiger partial charge in [-0.3, -0.25) is 0 Å². The number of hydrogen-bond acceptors (Lipinski definition) is 0. The zero-order valence-corrected chi connectivity index (χ0v) is 11.7. The summed E-state index contributed by atoms with van der Waals surface area (Å²) in [5.41, 5.74) is 3.31. The smallest absolute Gasteiger partial charge is 0.0682 e. The van der Waals surface area contributed by atoms with E-state index in [0.717, 1.165) is 5.54 Å². The van der Waals surface area contributed by atoms with Gasteiger partial charge in [0.05, 0.1) is 16.1 Å². The molecule has 0 aromatic carbocycles. The summed E-state index contributed by atoms with van der Waals surface area (Å²) in [5.74, 6) is 0. The van der Waals surface area contributed by atoms with Gasteiger partial charge >= 0.3 is 0 Å². The lowest BCUT2D eigenvalue weighted by Crippen LogP contribution is -2.25. The summed E-state index contributed by atoms with van der Waals surface area (Å²) in [6, 6.07) is 0. The first-order valence-corrected chi connectivity index (χ1v) is 12.0. The average Bonchev–Trinajstić information content (AvgIpc) is 1.78. The van der Waals surface area contributed by atoms with Crippen molar-refractivity contribution in [1.82, 2.24) is 0 Å². The Morgan fingerprint density at radius 1 is 0.917 bits per heavy atom. The molecule has 0 unspecified atom stereocenters. The molecule has 0 aliphatic heterocycles. The predicted octanol–water partition coefficient (Wildman–Crippen LogP) is 4.15. The number of allylic oxidation sites excluding steroid dienone is 1. The third-order valence-corrected chi connectivity index (χ3v) is 6.37. The van der Waals surface area contributed by atoms with Crippen LogP contribution in [-0.4, -0.2) is 16.1 Å². The molecular weight excluding hydrogens is 176 g/mol. The molecule has 0 N–H and O–H groups in total. The maximum absolute atomic E-state index is 2.48. The first-order chi connectivity index (χ1) is 5.13. The summed E-state index contributed by atoms with van der Waals surface area (Å²) in [5, 5.41) is 0. The van der Waals surface area contributed by atoms with Crippen LogP contribution in [-0.2, 0) is 0 Å². The Hall–Kier alpha value is 0.174. The minimum atomic E-state index is -0.957. The van der Waals surface area contributed by atoms with Crippen molar-refractivity contribution in [3.05, 3.63) is 11.8 Å². The molecule has 0 aliphatic carbocycles. The summed E-state index contributed by atoms with van der Waals surface area (Å²) in [4.78, 5) is 0. The van der Waals surface area contributed by atoms with Gasteiger partial charge in [0.1, 0.15) is 0 Å². The fraction of sp³-hybridized carbons (Fsp3) is 0.800. The van der Waals surface area contributed by atoms with Crippen LogP contribution in [0.3, 0.4) is 0 Å². The quantitative estimate of drug-likeness (QED) is 0.601. The molecule has 0 heterocycles. The van der Waals surface area contributed by atoms with Gasteiger partial charge in [0, 0.05) is 0 Å². The van der Waals surface area contributed by atoms with Gasteiger partial charge in [-0.1, -0.05) is 58.0 Å². The lowest BCUT2D eigenvalue weighted by molar-refractivity contribution is 1.13. The minimum Gasteiger partial charge on any atom is -0.0989 e. The first-order valence-electron chi connectivity index (χ1n) is 4.82. The van der Waals surface area contributed by atoms with E-state index in [2.05, 4.69) is 58.0 Å². The van der Waals surface area contributed by atoms with Crippen LogP contribution in [0.4, 0.5) is 0 Å². The summed E-state index contributed by atoms with van der Waals surface area (Å²) >= 11 is 0. The van der Waals surface area contributed by atoms with Gasteiger partial charge in [-0.15, -0.1) is 0 Å². The molecule has 0 rings (SSSR count). The normalized spacial score (nSPS) is 16.9. The van der Waals surface area contributed by atoms with Crippen molar-refractivity contribution in [2.24, 2.45) is 0 Å². The van der Waals surface area contributed by atoms with Crippen molar-refractivity contribution in [2.75, 3.05) is 0 Å². The maximum Gasteiger partial charge on any atom is 0.0682 e. The third-order valence-electron chi connectivity index (χ3n) is 2.25. The highest BCUT2D eigenvalue weighted by Gasteiger charge is 2.20. The van der Waals surface area contributed by atoms with E-state index in [9.17, 15) is 0 Å². The highest BCUT2D eigenvalue weighted by molar-refractivity contribution is 6.81. The zero-order valence-electron chi connectivity index (χ0n) is 9.73. The molecule has 0 saturated heterocycles. The second-order valence-corrected chi connectivity index (χ2v) is 16.6. The molecule has 0 spiro atoms. The van der Waals surface area contributed by atoms with Crippen molar-refractivity contribution in [3.8, 4) is 0 Å². The monoisotopic (exact) mass is 200 g/mol. The molecule has 0 bridgehead atoms. The van der Waals surface area contributed by atoms with Gasteiger partial charge in [-0.05, 0) is 5.54 Å². The average molecular weight is 200 g/mol. The molecule has 0 saturated carbocycles. The Labute approximate surface area is 80.1 Å². The van der Waals surface area contributed by atoms with E-state index in [1.165, 1.54) is 0 Å². The summed E-state index contributed by atoms with van der Waals surface area (Å²) < 4.78 is 0. The van der Waals surface area contributed by atoms with Crippen molar-refractivity contribution >= 4 is 16.1 Å². The molecule has 0 radical (unpaired) electrons. The molecule has 0 fully saturated rings. The van der Waals surface area contributed by atoms with Crippen molar-refractivity contribution in [2.45, 2.75) is 51.7 Å². The van der Waals surface area contributed by atoms with E-state index in [-0.39, 0.29) is 0 Å². The molecule has 0 aliphatic rings. The van der Waals surface area contributed by atoms with Gasteiger partial charge in [0.25, 0.3) is 0 Å². The Kier molecular flexibility index (Phi) is 3.98. The molecule has 2 heteroatoms. The van der Waals surface area contributed by atoms with Crippen LogP contribution >= 0.6 is 0 Å². The van der Waals surface area contributed by atoms with E-state index in [1.807, 2.05) is 0 Å². The Bertz CT molecular complexity index is 158.